The third-order valence-corrected chi connectivity index (χ3v) is 7.02. The number of rotatable bonds is 8. The Kier molecular flexibility index (Phi) is 7.77. The highest BCUT2D eigenvalue weighted by atomic mass is 16.5. The van der Waals surface area contributed by atoms with Crippen LogP contribution in [0.4, 0.5) is 0 Å². The lowest BCUT2D eigenvalue weighted by Crippen LogP contribution is -2.38. The fourth-order valence-electron chi connectivity index (χ4n) is 5.16. The van der Waals surface area contributed by atoms with Crippen molar-refractivity contribution in [3.05, 3.63) is 64.9 Å². The number of methoxy groups -OCH3 is 2. The van der Waals surface area contributed by atoms with Crippen molar-refractivity contribution in [3.63, 3.8) is 0 Å². The zero-order valence-corrected chi connectivity index (χ0v) is 21.2. The summed E-state index contributed by atoms with van der Waals surface area (Å²) in [5.41, 5.74) is 3.67. The van der Waals surface area contributed by atoms with E-state index in [1.54, 1.807) is 38.5 Å². The van der Waals surface area contributed by atoms with E-state index in [0.29, 0.717) is 47.9 Å². The molecule has 1 heterocycles. The van der Waals surface area contributed by atoms with Gasteiger partial charge in [-0.1, -0.05) is 31.5 Å². The van der Waals surface area contributed by atoms with Gasteiger partial charge in [-0.15, -0.1) is 0 Å². The van der Waals surface area contributed by atoms with Gasteiger partial charge in [0.15, 0.2) is 17.3 Å². The number of unbranched alkanes of at least 4 members (excludes halogenated alkanes) is 1. The first-order valence-corrected chi connectivity index (χ1v) is 12.4. The SMILES string of the molecule is CCCCOC(=O)C1C(C)=NC2=C(C(=O)C[C@@H](c3ccc(OC)c(OC)c3)C2)[C@@H]1c1ccc(O)cc1. The van der Waals surface area contributed by atoms with Crippen LogP contribution in [0.15, 0.2) is 58.7 Å². The van der Waals surface area contributed by atoms with E-state index in [-0.39, 0.29) is 23.4 Å². The summed E-state index contributed by atoms with van der Waals surface area (Å²) in [6.07, 6.45) is 2.56. The molecular weight excluding hydrogens is 458 g/mol. The normalized spacial score (nSPS) is 21.5. The summed E-state index contributed by atoms with van der Waals surface area (Å²) in [6.45, 7) is 4.20. The number of aromatic hydroxyl groups is 1. The van der Waals surface area contributed by atoms with Crippen LogP contribution in [0.3, 0.4) is 0 Å². The van der Waals surface area contributed by atoms with Gasteiger partial charge in [0.05, 0.1) is 20.8 Å². The molecule has 0 amide bonds. The molecule has 0 fully saturated rings. The largest absolute Gasteiger partial charge is 0.508 e. The van der Waals surface area contributed by atoms with Gasteiger partial charge in [0.1, 0.15) is 11.7 Å². The van der Waals surface area contributed by atoms with Crippen molar-refractivity contribution < 1.29 is 28.9 Å². The van der Waals surface area contributed by atoms with Crippen LogP contribution in [0, 0.1) is 5.92 Å². The highest BCUT2D eigenvalue weighted by Crippen LogP contribution is 2.47. The van der Waals surface area contributed by atoms with Gasteiger partial charge in [-0.3, -0.25) is 14.6 Å². The molecule has 0 aromatic heterocycles. The number of allylic oxidation sites excluding steroid dienone is 2. The maximum absolute atomic E-state index is 13.7. The summed E-state index contributed by atoms with van der Waals surface area (Å²) >= 11 is 0. The van der Waals surface area contributed by atoms with Crippen LogP contribution in [-0.4, -0.2) is 43.4 Å². The minimum absolute atomic E-state index is 0.0308. The van der Waals surface area contributed by atoms with Crippen LogP contribution >= 0.6 is 0 Å². The summed E-state index contributed by atoms with van der Waals surface area (Å²) in [6, 6.07) is 12.4. The molecule has 2 aromatic carbocycles. The van der Waals surface area contributed by atoms with Gasteiger partial charge in [0, 0.05) is 29.3 Å². The molecule has 1 N–H and O–H groups in total. The molecular formula is C29H33NO6. The molecule has 1 aliphatic heterocycles. The van der Waals surface area contributed by atoms with Gasteiger partial charge in [0.2, 0.25) is 0 Å². The molecule has 7 heteroatoms. The summed E-state index contributed by atoms with van der Waals surface area (Å²) in [4.78, 5) is 31.7. The van der Waals surface area contributed by atoms with E-state index >= 15 is 0 Å². The van der Waals surface area contributed by atoms with Crippen molar-refractivity contribution >= 4 is 17.5 Å². The number of carbonyl (C=O) groups excluding carboxylic acids is 2. The lowest BCUT2D eigenvalue weighted by molar-refractivity contribution is -0.146. The van der Waals surface area contributed by atoms with E-state index in [1.165, 1.54) is 0 Å². The maximum Gasteiger partial charge on any atom is 0.315 e. The number of aliphatic imine (C=N–C) groups is 1. The van der Waals surface area contributed by atoms with Crippen LogP contribution in [-0.2, 0) is 14.3 Å². The number of ether oxygens (including phenoxy) is 3. The standard InChI is InChI=1S/C29H33NO6/c1-5-6-13-36-29(33)26-17(2)30-22-14-20(19-9-12-24(34-3)25(16-19)35-4)15-23(32)28(22)27(26)18-7-10-21(31)11-8-18/h7-12,16,20,26-27,31H,5-6,13-15H2,1-4H3/t20-,26?,27+/m0/s1. The molecule has 1 unspecified atom stereocenters. The van der Waals surface area contributed by atoms with Gasteiger partial charge < -0.3 is 19.3 Å². The lowest BCUT2D eigenvalue weighted by atomic mass is 9.69. The molecule has 0 radical (unpaired) electrons. The van der Waals surface area contributed by atoms with E-state index < -0.39 is 11.8 Å². The molecule has 36 heavy (non-hydrogen) atoms. The van der Waals surface area contributed by atoms with Crippen molar-refractivity contribution in [1.82, 2.24) is 0 Å². The number of ketones is 1. The van der Waals surface area contributed by atoms with Crippen molar-refractivity contribution in [1.29, 1.82) is 0 Å². The number of carbonyl (C=O) groups is 2. The van der Waals surface area contributed by atoms with Crippen LogP contribution in [0.2, 0.25) is 0 Å². The fraction of sp³-hybridized carbons (Fsp3) is 0.414. The van der Waals surface area contributed by atoms with Gasteiger partial charge >= 0.3 is 5.97 Å². The molecule has 0 saturated carbocycles. The molecule has 4 rings (SSSR count). The molecule has 0 bridgehead atoms. The summed E-state index contributed by atoms with van der Waals surface area (Å²) in [5, 5.41) is 9.84. The minimum atomic E-state index is -0.688. The number of Topliss-reactive ketones (excluding diaryl/α,β-unsaturated/α-hetero) is 1. The van der Waals surface area contributed by atoms with Crippen LogP contribution in [0.25, 0.3) is 0 Å². The van der Waals surface area contributed by atoms with E-state index in [0.717, 1.165) is 24.0 Å². The second-order valence-electron chi connectivity index (χ2n) is 9.32. The average molecular weight is 492 g/mol. The second kappa shape index (κ2) is 11.0. The highest BCUT2D eigenvalue weighted by molar-refractivity contribution is 6.09. The number of benzene rings is 2. The third-order valence-electron chi connectivity index (χ3n) is 7.02. The first kappa shape index (κ1) is 25.5. The summed E-state index contributed by atoms with van der Waals surface area (Å²) in [5.74, 6) is -0.298. The Balaban J connectivity index is 1.73. The van der Waals surface area contributed by atoms with Gasteiger partial charge in [-0.2, -0.15) is 0 Å². The minimum Gasteiger partial charge on any atom is -0.508 e. The molecule has 2 aromatic rings. The van der Waals surface area contributed by atoms with Gasteiger partial charge in [-0.05, 0) is 61.1 Å². The zero-order valence-electron chi connectivity index (χ0n) is 21.2. The molecule has 1 aliphatic carbocycles. The first-order valence-electron chi connectivity index (χ1n) is 12.4. The average Bonchev–Trinajstić information content (AvgIpc) is 2.87. The van der Waals surface area contributed by atoms with Crippen LogP contribution in [0.1, 0.15) is 62.5 Å². The van der Waals surface area contributed by atoms with Crippen molar-refractivity contribution in [3.8, 4) is 17.2 Å². The van der Waals surface area contributed by atoms with Crippen LogP contribution < -0.4 is 9.47 Å². The molecule has 0 spiro atoms. The topological polar surface area (TPSA) is 94.4 Å². The van der Waals surface area contributed by atoms with Gasteiger partial charge in [-0.25, -0.2) is 0 Å². The maximum atomic E-state index is 13.7. The number of phenolic OH excluding ortho intramolecular Hbond substituents is 1. The lowest BCUT2D eigenvalue weighted by Gasteiger charge is -2.36. The number of esters is 1. The van der Waals surface area contributed by atoms with E-state index in [9.17, 15) is 14.7 Å². The van der Waals surface area contributed by atoms with E-state index in [1.807, 2.05) is 32.0 Å². The van der Waals surface area contributed by atoms with Crippen molar-refractivity contribution in [2.75, 3.05) is 20.8 Å². The highest BCUT2D eigenvalue weighted by Gasteiger charge is 2.44. The first-order chi connectivity index (χ1) is 17.4. The smallest absolute Gasteiger partial charge is 0.315 e. The Morgan fingerprint density at radius 3 is 2.39 bits per heavy atom. The summed E-state index contributed by atoms with van der Waals surface area (Å²) < 4.78 is 16.4. The number of nitrogens with zero attached hydrogens (tertiary/aromatic N) is 1. The van der Waals surface area contributed by atoms with E-state index in [2.05, 4.69) is 0 Å². The fourth-order valence-corrected chi connectivity index (χ4v) is 5.16. The Morgan fingerprint density at radius 1 is 1.03 bits per heavy atom. The van der Waals surface area contributed by atoms with Crippen molar-refractivity contribution in [2.45, 2.75) is 51.4 Å². The predicted molar refractivity (Wildman–Crippen MR) is 137 cm³/mol. The predicted octanol–water partition coefficient (Wildman–Crippen LogP) is 5.33. The third kappa shape index (κ3) is 5.01. The monoisotopic (exact) mass is 491 g/mol. The second-order valence-corrected chi connectivity index (χ2v) is 9.32. The zero-order chi connectivity index (χ0) is 25.8. The quantitative estimate of drug-likeness (QED) is 0.396. The molecule has 190 valence electrons. The number of hydrogen-bond acceptors (Lipinski definition) is 7. The number of phenols is 1. The Morgan fingerprint density at radius 2 is 1.72 bits per heavy atom. The molecule has 2 aliphatic rings. The molecule has 7 nitrogen and oxygen atoms in total. The Labute approximate surface area is 211 Å². The van der Waals surface area contributed by atoms with Gasteiger partial charge in [0.25, 0.3) is 0 Å². The Hall–Kier alpha value is -3.61. The van der Waals surface area contributed by atoms with Crippen LogP contribution in [0.5, 0.6) is 17.2 Å². The molecule has 0 saturated heterocycles. The number of hydrogen-bond donors (Lipinski definition) is 1. The van der Waals surface area contributed by atoms with Crippen molar-refractivity contribution in [2.24, 2.45) is 10.9 Å². The van der Waals surface area contributed by atoms with E-state index in [4.69, 9.17) is 19.2 Å². The Bertz CT molecular complexity index is 1200. The summed E-state index contributed by atoms with van der Waals surface area (Å²) in [7, 11) is 3.18. The molecule has 3 atom stereocenters.